The molecule has 2 aliphatic carbocycles. The third kappa shape index (κ3) is 11.6. The van der Waals surface area contributed by atoms with Crippen molar-refractivity contribution < 1.29 is 58.1 Å². The van der Waals surface area contributed by atoms with Crippen LogP contribution in [-0.2, 0) is 22.7 Å². The fourth-order valence-corrected chi connectivity index (χ4v) is 11.1. The van der Waals surface area contributed by atoms with E-state index in [1.54, 1.807) is 42.1 Å². The molecule has 0 saturated heterocycles. The summed E-state index contributed by atoms with van der Waals surface area (Å²) in [6.07, 6.45) is 8.98. The second-order valence-electron chi connectivity index (χ2n) is 18.7. The van der Waals surface area contributed by atoms with Crippen molar-refractivity contribution in [3.05, 3.63) is 170 Å². The molecule has 0 radical (unpaired) electrons. The molecule has 5 aromatic rings. The summed E-state index contributed by atoms with van der Waals surface area (Å²) in [6.45, 7) is 3.96. The number of amides is 1. The highest BCUT2D eigenvalue weighted by Crippen LogP contribution is 2.62. The van der Waals surface area contributed by atoms with E-state index in [0.29, 0.717) is 77.7 Å². The van der Waals surface area contributed by atoms with Crippen LogP contribution in [-0.4, -0.2) is 81.5 Å². The highest BCUT2D eigenvalue weighted by molar-refractivity contribution is 7.98. The molecule has 6 atom stereocenters. The van der Waals surface area contributed by atoms with Crippen molar-refractivity contribution in [3.63, 3.8) is 0 Å². The van der Waals surface area contributed by atoms with Crippen LogP contribution in [0, 0.1) is 38.0 Å². The summed E-state index contributed by atoms with van der Waals surface area (Å²) >= 11 is 1.63. The molecule has 392 valence electrons. The zero-order valence-electron chi connectivity index (χ0n) is 41.3. The van der Waals surface area contributed by atoms with Gasteiger partial charge < -0.3 is 43.5 Å². The number of fused-ring (bicyclic) bond motifs is 3. The number of benzene rings is 5. The van der Waals surface area contributed by atoms with Gasteiger partial charge in [-0.1, -0.05) is 36.2 Å². The Bertz CT molecular complexity index is 2920. The van der Waals surface area contributed by atoms with E-state index in [0.717, 1.165) is 22.5 Å². The number of nitrogens with zero attached hydrogens (tertiary/aromatic N) is 4. The maximum absolute atomic E-state index is 15.3. The molecule has 6 unspecified atom stereocenters. The van der Waals surface area contributed by atoms with Crippen LogP contribution in [0.5, 0.6) is 34.5 Å². The Morgan fingerprint density at radius 1 is 0.827 bits per heavy atom. The molecule has 2 aliphatic heterocycles. The molecule has 4 aliphatic rings. The number of unbranched alkanes of at least 4 members (excludes halogenated alkanes) is 2. The number of carbonyl (C=O) groups is 1. The first kappa shape index (κ1) is 52.4. The lowest BCUT2D eigenvalue weighted by Gasteiger charge is -2.59. The number of nitro groups is 2. The number of carbonyl (C=O) groups excluding carboxylic acids is 1. The van der Waals surface area contributed by atoms with E-state index in [9.17, 15) is 30.4 Å². The van der Waals surface area contributed by atoms with Gasteiger partial charge in [-0.05, 0) is 139 Å². The third-order valence-electron chi connectivity index (χ3n) is 14.1. The second kappa shape index (κ2) is 23.8. The van der Waals surface area contributed by atoms with E-state index in [4.69, 9.17) is 38.4 Å². The Hall–Kier alpha value is -7.45. The summed E-state index contributed by atoms with van der Waals surface area (Å²) in [6, 6.07) is 29.1. The average Bonchev–Trinajstić information content (AvgIpc) is 3.99. The van der Waals surface area contributed by atoms with Gasteiger partial charge in [0.1, 0.15) is 35.6 Å². The van der Waals surface area contributed by atoms with Crippen LogP contribution in [0.3, 0.4) is 0 Å². The Balaban J connectivity index is 1.24. The van der Waals surface area contributed by atoms with Crippen LogP contribution in [0.4, 0.5) is 16.2 Å². The standard InChI is InChI=1S/C56H58N4O14S/c1-3-28-70-56-52(58(33-37-12-24-50-51(29-37)69-35-68-50)55(63)73-42-17-15-40(16-18-42)60(66)67)32-48(57-71-34-36-10-13-39(14-11-36)59(64)65)46-30-38(8-4-6-26-61)45(9-5-7-27-62)53(54(46)56)47-31-43(21-25-49(47)74-56)72-41-19-22-44(75-2)23-20-41/h3,10-25,29-31,38,45,52-54,61-62H,1,4-9,26-28,32-35H2,2H3. The van der Waals surface area contributed by atoms with Crippen LogP contribution in [0.25, 0.3) is 0 Å². The predicted molar refractivity (Wildman–Crippen MR) is 278 cm³/mol. The summed E-state index contributed by atoms with van der Waals surface area (Å²) in [5.41, 5.74) is 3.11. The maximum Gasteiger partial charge on any atom is 0.416 e. The quantitative estimate of drug-likeness (QED) is 0.0204. The highest BCUT2D eigenvalue weighted by Gasteiger charge is 2.66. The van der Waals surface area contributed by atoms with Crippen LogP contribution in [0.1, 0.15) is 67.6 Å². The molecule has 0 aromatic heterocycles. The molecule has 5 aromatic carbocycles. The van der Waals surface area contributed by atoms with E-state index >= 15 is 4.79 Å². The van der Waals surface area contributed by atoms with Crippen LogP contribution in [0.15, 0.2) is 144 Å². The number of non-ortho nitro benzene ring substituents is 2. The average molecular weight is 1040 g/mol. The molecule has 18 nitrogen and oxygen atoms in total. The summed E-state index contributed by atoms with van der Waals surface area (Å²) in [5.74, 6) is -0.208. The summed E-state index contributed by atoms with van der Waals surface area (Å²) in [4.78, 5) is 46.3. The van der Waals surface area contributed by atoms with Crippen molar-refractivity contribution in [1.29, 1.82) is 0 Å². The Morgan fingerprint density at radius 3 is 2.17 bits per heavy atom. The predicted octanol–water partition coefficient (Wildman–Crippen LogP) is 11.3. The first-order valence-corrected chi connectivity index (χ1v) is 26.1. The van der Waals surface area contributed by atoms with E-state index in [-0.39, 0.29) is 75.1 Å². The van der Waals surface area contributed by atoms with Gasteiger partial charge >= 0.3 is 6.09 Å². The number of aliphatic hydroxyl groups excluding tert-OH is 2. The summed E-state index contributed by atoms with van der Waals surface area (Å²) in [7, 11) is 0. The van der Waals surface area contributed by atoms with Gasteiger partial charge in [-0.25, -0.2) is 4.79 Å². The second-order valence-corrected chi connectivity index (χ2v) is 19.6. The molecule has 75 heavy (non-hydrogen) atoms. The van der Waals surface area contributed by atoms with E-state index in [1.165, 1.54) is 41.3 Å². The lowest BCUT2D eigenvalue weighted by molar-refractivity contribution is -0.385. The van der Waals surface area contributed by atoms with Gasteiger partial charge in [0.2, 0.25) is 12.6 Å². The van der Waals surface area contributed by atoms with Gasteiger partial charge in [-0.15, -0.1) is 18.3 Å². The number of allylic oxidation sites excluding steroid dienone is 1. The van der Waals surface area contributed by atoms with Gasteiger partial charge in [-0.3, -0.25) is 25.1 Å². The minimum atomic E-state index is -1.69. The lowest BCUT2D eigenvalue weighted by Crippen LogP contribution is -2.70. The van der Waals surface area contributed by atoms with Gasteiger partial charge in [-0.2, -0.15) is 0 Å². The molecule has 0 bridgehead atoms. The summed E-state index contributed by atoms with van der Waals surface area (Å²) in [5, 5.41) is 48.2. The monoisotopic (exact) mass is 1040 g/mol. The molecular weight excluding hydrogens is 985 g/mol. The topological polar surface area (TPSA) is 224 Å². The molecule has 9 rings (SSSR count). The first-order valence-electron chi connectivity index (χ1n) is 24.9. The minimum absolute atomic E-state index is 0.00647. The Labute approximate surface area is 437 Å². The zero-order chi connectivity index (χ0) is 52.5. The van der Waals surface area contributed by atoms with Gasteiger partial charge in [0.15, 0.2) is 11.5 Å². The largest absolute Gasteiger partial charge is 0.459 e. The fraction of sp³-hybridized carbons (Fsp3) is 0.357. The maximum atomic E-state index is 15.3. The molecular formula is C56H58N4O14S. The molecule has 1 saturated carbocycles. The van der Waals surface area contributed by atoms with E-state index in [2.05, 4.69) is 12.7 Å². The number of thioether (sulfide) groups is 1. The molecule has 19 heteroatoms. The Kier molecular flexibility index (Phi) is 16.7. The third-order valence-corrected chi connectivity index (χ3v) is 14.9. The lowest BCUT2D eigenvalue weighted by atomic mass is 9.55. The smallest absolute Gasteiger partial charge is 0.416 e. The first-order chi connectivity index (χ1) is 36.5. The summed E-state index contributed by atoms with van der Waals surface area (Å²) < 4.78 is 38.7. The Morgan fingerprint density at radius 2 is 1.48 bits per heavy atom. The van der Waals surface area contributed by atoms with Crippen molar-refractivity contribution >= 4 is 34.9 Å². The van der Waals surface area contributed by atoms with Gasteiger partial charge in [0.25, 0.3) is 11.4 Å². The van der Waals surface area contributed by atoms with Gasteiger partial charge in [0.05, 0.1) is 28.1 Å². The van der Waals surface area contributed by atoms with Crippen LogP contribution < -0.4 is 23.7 Å². The number of hydrogen-bond acceptors (Lipinski definition) is 16. The fourth-order valence-electron chi connectivity index (χ4n) is 10.7. The van der Waals surface area contributed by atoms with E-state index in [1.807, 2.05) is 54.8 Å². The van der Waals surface area contributed by atoms with Crippen molar-refractivity contribution in [2.24, 2.45) is 22.9 Å². The van der Waals surface area contributed by atoms with E-state index < -0.39 is 39.6 Å². The number of aliphatic hydroxyl groups is 2. The van der Waals surface area contributed by atoms with Crippen molar-refractivity contribution in [2.75, 3.05) is 32.9 Å². The molecule has 2 heterocycles. The number of oxime groups is 1. The molecule has 2 N–H and O–H groups in total. The molecule has 1 fully saturated rings. The van der Waals surface area contributed by atoms with Crippen LogP contribution >= 0.6 is 11.8 Å². The minimum Gasteiger partial charge on any atom is -0.459 e. The zero-order valence-corrected chi connectivity index (χ0v) is 42.1. The SMILES string of the molecule is C=CCOC12Oc3ccc(Oc4ccc(SC)cc4)cc3C3C(CCCCO)C(CCCCO)C=C(C(=NOCc4ccc([N+](=O)[O-])cc4)CC1N(Cc1ccc4c(c1)OCO4)C(=O)Oc1ccc([N+](=O)[O-])cc1)C32. The highest BCUT2D eigenvalue weighted by atomic mass is 32.2. The normalized spacial score (nSPS) is 21.5. The number of hydrogen-bond donors (Lipinski definition) is 2. The van der Waals surface area contributed by atoms with Crippen molar-refractivity contribution in [2.45, 2.75) is 80.7 Å². The molecule has 1 amide bonds. The van der Waals surface area contributed by atoms with Crippen molar-refractivity contribution in [1.82, 2.24) is 4.90 Å². The van der Waals surface area contributed by atoms with Gasteiger partial charge in [0, 0.05) is 66.8 Å². The molecule has 0 spiro atoms. The van der Waals surface area contributed by atoms with Crippen LogP contribution in [0.2, 0.25) is 0 Å². The number of ether oxygens (including phenoxy) is 6. The number of nitro benzene ring substituents is 2. The number of rotatable bonds is 23. The van der Waals surface area contributed by atoms with Crippen molar-refractivity contribution in [3.8, 4) is 34.5 Å².